The van der Waals surface area contributed by atoms with E-state index < -0.39 is 0 Å². The summed E-state index contributed by atoms with van der Waals surface area (Å²) in [7, 11) is 0. The van der Waals surface area contributed by atoms with Gasteiger partial charge in [-0.3, -0.25) is 0 Å². The minimum atomic E-state index is -0.109. The van der Waals surface area contributed by atoms with Crippen LogP contribution in [-0.4, -0.2) is 23.8 Å². The summed E-state index contributed by atoms with van der Waals surface area (Å²) in [4.78, 5) is 0. The van der Waals surface area contributed by atoms with E-state index in [1.165, 1.54) is 122 Å². The van der Waals surface area contributed by atoms with Crippen molar-refractivity contribution in [1.29, 1.82) is 0 Å². The first-order chi connectivity index (χ1) is 13.8. The smallest absolute Gasteiger partial charge is 0.0695 e. The topological polar surface area (TPSA) is 32.3 Å². The number of aliphatic hydroxyl groups excluding tert-OH is 1. The molecule has 0 saturated heterocycles. The third-order valence-corrected chi connectivity index (χ3v) is 6.83. The Morgan fingerprint density at radius 1 is 0.643 bits per heavy atom. The summed E-state index contributed by atoms with van der Waals surface area (Å²) in [5, 5.41) is 14.1. The molecule has 0 aliphatic heterocycles. The molecule has 0 aromatic carbocycles. The molecule has 0 amide bonds. The minimum Gasteiger partial charge on any atom is -0.391 e. The Morgan fingerprint density at radius 3 is 1.68 bits per heavy atom. The van der Waals surface area contributed by atoms with Gasteiger partial charge in [0.15, 0.2) is 0 Å². The van der Waals surface area contributed by atoms with Gasteiger partial charge in [-0.15, -0.1) is 0 Å². The summed E-state index contributed by atoms with van der Waals surface area (Å²) in [6.07, 6.45) is 27.1. The van der Waals surface area contributed by atoms with Gasteiger partial charge in [0.1, 0.15) is 0 Å². The van der Waals surface area contributed by atoms with Crippen LogP contribution in [0.15, 0.2) is 0 Å². The van der Waals surface area contributed by atoms with E-state index in [4.69, 9.17) is 0 Å². The summed E-state index contributed by atoms with van der Waals surface area (Å²) >= 11 is 0. The standard InChI is InChI=1S/C26H53NO/c1-3-5-7-9-10-11-12-13-14-15-16-17-19-24-20-21-25(26(28)23-24)27-22-18-8-6-4-2/h24-28H,3-23H2,1-2H3. The van der Waals surface area contributed by atoms with Gasteiger partial charge in [-0.05, 0) is 38.1 Å². The van der Waals surface area contributed by atoms with Crippen LogP contribution >= 0.6 is 0 Å². The lowest BCUT2D eigenvalue weighted by Gasteiger charge is -2.34. The van der Waals surface area contributed by atoms with Gasteiger partial charge in [-0.25, -0.2) is 0 Å². The molecular weight excluding hydrogens is 342 g/mol. The van der Waals surface area contributed by atoms with Gasteiger partial charge < -0.3 is 10.4 Å². The van der Waals surface area contributed by atoms with Crippen molar-refractivity contribution in [3.05, 3.63) is 0 Å². The molecule has 1 aliphatic rings. The van der Waals surface area contributed by atoms with Crippen LogP contribution in [0, 0.1) is 5.92 Å². The van der Waals surface area contributed by atoms with Gasteiger partial charge in [-0.2, -0.15) is 0 Å². The quantitative estimate of drug-likeness (QED) is 0.219. The zero-order valence-corrected chi connectivity index (χ0v) is 19.5. The van der Waals surface area contributed by atoms with Gasteiger partial charge >= 0.3 is 0 Å². The Labute approximate surface area is 177 Å². The molecule has 3 atom stereocenters. The molecular formula is C26H53NO. The zero-order valence-electron chi connectivity index (χ0n) is 19.5. The first-order valence-corrected chi connectivity index (χ1v) is 13.2. The molecule has 0 radical (unpaired) electrons. The lowest BCUT2D eigenvalue weighted by molar-refractivity contribution is 0.0623. The molecule has 0 aromatic heterocycles. The third kappa shape index (κ3) is 14.0. The van der Waals surface area contributed by atoms with Crippen molar-refractivity contribution in [1.82, 2.24) is 5.32 Å². The highest BCUT2D eigenvalue weighted by Crippen LogP contribution is 2.29. The Balaban J connectivity index is 1.88. The molecule has 168 valence electrons. The van der Waals surface area contributed by atoms with Gasteiger partial charge in [0, 0.05) is 6.04 Å². The summed E-state index contributed by atoms with van der Waals surface area (Å²) < 4.78 is 0. The number of rotatable bonds is 19. The lowest BCUT2D eigenvalue weighted by atomic mass is 9.81. The maximum atomic E-state index is 10.5. The minimum absolute atomic E-state index is 0.109. The summed E-state index contributed by atoms with van der Waals surface area (Å²) in [6.45, 7) is 5.64. The highest BCUT2D eigenvalue weighted by Gasteiger charge is 2.28. The summed E-state index contributed by atoms with van der Waals surface area (Å²) in [5.74, 6) is 0.774. The normalized spacial score (nSPS) is 22.6. The highest BCUT2D eigenvalue weighted by atomic mass is 16.3. The van der Waals surface area contributed by atoms with Crippen molar-refractivity contribution in [2.24, 2.45) is 5.92 Å². The van der Waals surface area contributed by atoms with Crippen LogP contribution in [0.4, 0.5) is 0 Å². The van der Waals surface area contributed by atoms with E-state index in [1.807, 2.05) is 0 Å². The van der Waals surface area contributed by atoms with Crippen LogP contribution in [-0.2, 0) is 0 Å². The Morgan fingerprint density at radius 2 is 1.14 bits per heavy atom. The summed E-state index contributed by atoms with van der Waals surface area (Å²) in [5.41, 5.74) is 0. The Kier molecular flexibility index (Phi) is 17.5. The van der Waals surface area contributed by atoms with Gasteiger partial charge in [0.05, 0.1) is 6.10 Å². The molecule has 2 N–H and O–H groups in total. The van der Waals surface area contributed by atoms with Crippen LogP contribution in [0.3, 0.4) is 0 Å². The molecule has 1 saturated carbocycles. The van der Waals surface area contributed by atoms with E-state index in [2.05, 4.69) is 19.2 Å². The average Bonchev–Trinajstić information content (AvgIpc) is 2.70. The van der Waals surface area contributed by atoms with Crippen LogP contribution in [0.25, 0.3) is 0 Å². The number of unbranched alkanes of at least 4 members (excludes halogenated alkanes) is 14. The number of nitrogens with one attached hydrogen (secondary N) is 1. The predicted octanol–water partition coefficient (Wildman–Crippen LogP) is 7.78. The maximum Gasteiger partial charge on any atom is 0.0695 e. The molecule has 2 nitrogen and oxygen atoms in total. The molecule has 1 fully saturated rings. The fourth-order valence-corrected chi connectivity index (χ4v) is 4.84. The first kappa shape index (κ1) is 26.0. The lowest BCUT2D eigenvalue weighted by Crippen LogP contribution is -2.44. The van der Waals surface area contributed by atoms with Gasteiger partial charge in [0.2, 0.25) is 0 Å². The van der Waals surface area contributed by atoms with Gasteiger partial charge in [-0.1, -0.05) is 117 Å². The fourth-order valence-electron chi connectivity index (χ4n) is 4.84. The van der Waals surface area contributed by atoms with Crippen LogP contribution < -0.4 is 5.32 Å². The van der Waals surface area contributed by atoms with E-state index in [0.29, 0.717) is 6.04 Å². The largest absolute Gasteiger partial charge is 0.391 e. The molecule has 1 rings (SSSR count). The van der Waals surface area contributed by atoms with E-state index in [9.17, 15) is 5.11 Å². The second-order valence-corrected chi connectivity index (χ2v) is 9.55. The third-order valence-electron chi connectivity index (χ3n) is 6.83. The predicted molar refractivity (Wildman–Crippen MR) is 125 cm³/mol. The van der Waals surface area contributed by atoms with E-state index in [-0.39, 0.29) is 6.10 Å². The van der Waals surface area contributed by atoms with Crippen molar-refractivity contribution in [3.8, 4) is 0 Å². The molecule has 2 heteroatoms. The van der Waals surface area contributed by atoms with Gasteiger partial charge in [0.25, 0.3) is 0 Å². The van der Waals surface area contributed by atoms with Crippen LogP contribution in [0.1, 0.15) is 142 Å². The molecule has 3 unspecified atom stereocenters. The highest BCUT2D eigenvalue weighted by molar-refractivity contribution is 4.84. The van der Waals surface area contributed by atoms with E-state index in [0.717, 1.165) is 18.9 Å². The molecule has 28 heavy (non-hydrogen) atoms. The van der Waals surface area contributed by atoms with Crippen molar-refractivity contribution in [3.63, 3.8) is 0 Å². The Hall–Kier alpha value is -0.0800. The van der Waals surface area contributed by atoms with Crippen molar-refractivity contribution in [2.75, 3.05) is 6.54 Å². The van der Waals surface area contributed by atoms with E-state index >= 15 is 0 Å². The number of hydrogen-bond donors (Lipinski definition) is 2. The maximum absolute atomic E-state index is 10.5. The van der Waals surface area contributed by atoms with E-state index in [1.54, 1.807) is 0 Å². The second kappa shape index (κ2) is 18.9. The van der Waals surface area contributed by atoms with Crippen LogP contribution in [0.5, 0.6) is 0 Å². The second-order valence-electron chi connectivity index (χ2n) is 9.55. The SMILES string of the molecule is CCCCCCCCCCCCCCC1CCC(NCCCCCC)C(O)C1. The zero-order chi connectivity index (χ0) is 20.3. The van der Waals surface area contributed by atoms with Crippen LogP contribution in [0.2, 0.25) is 0 Å². The molecule has 0 aromatic rings. The first-order valence-electron chi connectivity index (χ1n) is 13.2. The average molecular weight is 396 g/mol. The monoisotopic (exact) mass is 395 g/mol. The molecule has 1 aliphatic carbocycles. The molecule has 0 heterocycles. The number of aliphatic hydroxyl groups is 1. The molecule has 0 bridgehead atoms. The molecule has 0 spiro atoms. The fraction of sp³-hybridized carbons (Fsp3) is 1.00. The van der Waals surface area contributed by atoms with Crippen molar-refractivity contribution >= 4 is 0 Å². The summed E-state index contributed by atoms with van der Waals surface area (Å²) in [6, 6.07) is 0.361. The van der Waals surface area contributed by atoms with Crippen molar-refractivity contribution in [2.45, 2.75) is 154 Å². The van der Waals surface area contributed by atoms with Crippen molar-refractivity contribution < 1.29 is 5.11 Å². The number of hydrogen-bond acceptors (Lipinski definition) is 2. The Bertz CT molecular complexity index is 320.